The van der Waals surface area contributed by atoms with Gasteiger partial charge in [-0.15, -0.1) is 23.1 Å². The van der Waals surface area contributed by atoms with Crippen molar-refractivity contribution in [3.8, 4) is 0 Å². The van der Waals surface area contributed by atoms with Gasteiger partial charge in [0.2, 0.25) is 0 Å². The summed E-state index contributed by atoms with van der Waals surface area (Å²) in [6.07, 6.45) is 2.88. The Hall–Kier alpha value is -3.11. The van der Waals surface area contributed by atoms with E-state index in [1.54, 1.807) is 30.9 Å². The van der Waals surface area contributed by atoms with Gasteiger partial charge in [0.15, 0.2) is 0 Å². The van der Waals surface area contributed by atoms with E-state index in [4.69, 9.17) is 9.47 Å². The summed E-state index contributed by atoms with van der Waals surface area (Å²) < 4.78 is 11.1. The average Bonchev–Trinajstić information content (AvgIpc) is 3.25. The maximum atomic E-state index is 12.7. The van der Waals surface area contributed by atoms with E-state index in [9.17, 15) is 14.4 Å². The van der Waals surface area contributed by atoms with Crippen molar-refractivity contribution in [3.05, 3.63) is 59.1 Å². The van der Waals surface area contributed by atoms with E-state index < -0.39 is 18.1 Å². The highest BCUT2D eigenvalue weighted by Crippen LogP contribution is 2.32. The topological polar surface area (TPSA) is 107 Å². The van der Waals surface area contributed by atoms with Crippen molar-refractivity contribution in [1.82, 2.24) is 15.6 Å². The van der Waals surface area contributed by atoms with Crippen molar-refractivity contribution in [2.24, 2.45) is 0 Å². The lowest BCUT2D eigenvalue weighted by Crippen LogP contribution is -2.49. The smallest absolute Gasteiger partial charge is 0.408 e. The minimum atomic E-state index is -1.09. The lowest BCUT2D eigenvalue weighted by molar-refractivity contribution is -0.145. The van der Waals surface area contributed by atoms with Crippen LogP contribution in [0.3, 0.4) is 0 Å². The first-order valence-electron chi connectivity index (χ1n) is 9.86. The first-order valence-corrected chi connectivity index (χ1v) is 11.9. The minimum absolute atomic E-state index is 0.0567. The zero-order valence-electron chi connectivity index (χ0n) is 17.6. The number of carbonyl (C=O) groups excluding carboxylic acids is 3. The molecule has 2 N–H and O–H groups in total. The zero-order chi connectivity index (χ0) is 22.9. The molecular formula is C22H23N3O5S2. The third-order valence-corrected chi connectivity index (χ3v) is 6.43. The molecule has 0 fully saturated rings. The first-order chi connectivity index (χ1) is 15.5. The lowest BCUT2D eigenvalue weighted by Gasteiger charge is -2.17. The molecular weight excluding hydrogens is 450 g/mol. The summed E-state index contributed by atoms with van der Waals surface area (Å²) in [5.41, 5.74) is 1.54. The van der Waals surface area contributed by atoms with Crippen LogP contribution >= 0.6 is 23.1 Å². The van der Waals surface area contributed by atoms with Crippen LogP contribution < -0.4 is 10.6 Å². The van der Waals surface area contributed by atoms with Crippen molar-refractivity contribution in [2.75, 3.05) is 19.4 Å². The van der Waals surface area contributed by atoms with Gasteiger partial charge in [-0.2, -0.15) is 0 Å². The van der Waals surface area contributed by atoms with Gasteiger partial charge in [0.25, 0.3) is 5.91 Å². The molecule has 2 aromatic heterocycles. The number of hydrogen-bond donors (Lipinski definition) is 2. The predicted molar refractivity (Wildman–Crippen MR) is 124 cm³/mol. The number of nitrogens with one attached hydrogen (secondary N) is 2. The number of pyridine rings is 1. The Morgan fingerprint density at radius 1 is 1.16 bits per heavy atom. The number of benzene rings is 1. The fourth-order valence-electron chi connectivity index (χ4n) is 2.81. The number of ether oxygens (including phenoxy) is 2. The van der Waals surface area contributed by atoms with Gasteiger partial charge >= 0.3 is 12.1 Å². The van der Waals surface area contributed by atoms with Gasteiger partial charge < -0.3 is 20.1 Å². The van der Waals surface area contributed by atoms with Gasteiger partial charge in [-0.3, -0.25) is 9.78 Å². The third-order valence-electron chi connectivity index (χ3n) is 4.36. The van der Waals surface area contributed by atoms with Crippen LogP contribution in [0.2, 0.25) is 0 Å². The number of nitrogens with zero attached hydrogens (tertiary/aromatic N) is 1. The molecule has 0 aliphatic carbocycles. The van der Waals surface area contributed by atoms with Gasteiger partial charge in [0, 0.05) is 17.6 Å². The molecule has 168 valence electrons. The van der Waals surface area contributed by atoms with Crippen molar-refractivity contribution in [2.45, 2.75) is 24.5 Å². The molecule has 3 aromatic rings. The Labute approximate surface area is 193 Å². The summed E-state index contributed by atoms with van der Waals surface area (Å²) in [5, 5.41) is 5.14. The molecule has 0 aliphatic rings. The maximum Gasteiger partial charge on any atom is 0.408 e. The maximum absolute atomic E-state index is 12.7. The quantitative estimate of drug-likeness (QED) is 0.361. The van der Waals surface area contributed by atoms with Crippen LogP contribution in [0.25, 0.3) is 10.2 Å². The summed E-state index contributed by atoms with van der Waals surface area (Å²) in [7, 11) is 0. The number of amides is 2. The molecule has 2 heterocycles. The second kappa shape index (κ2) is 11.5. The van der Waals surface area contributed by atoms with E-state index in [2.05, 4.69) is 15.6 Å². The Morgan fingerprint density at radius 2 is 1.94 bits per heavy atom. The highest BCUT2D eigenvalue weighted by molar-refractivity contribution is 7.99. The standard InChI is InChI=1S/C22H23N3O5S2/c1-3-29-21(27)16(25-22(28)30-13-14-7-5-4-6-8-14)12-24-20(26)18-11-15-19(32-18)17(31-2)9-10-23-15/h4-11,16H,3,12-13H2,1-2H3,(H,24,26)(H,25,28)/t16-/m1/s1. The number of alkyl carbamates (subject to hydrolysis) is 1. The van der Waals surface area contributed by atoms with Crippen LogP contribution in [-0.2, 0) is 20.9 Å². The van der Waals surface area contributed by atoms with E-state index in [0.29, 0.717) is 4.88 Å². The largest absolute Gasteiger partial charge is 0.464 e. The number of thiophene rings is 1. The highest BCUT2D eigenvalue weighted by atomic mass is 32.2. The van der Waals surface area contributed by atoms with E-state index in [-0.39, 0.29) is 25.7 Å². The number of aromatic nitrogens is 1. The number of carbonyl (C=O) groups is 3. The molecule has 0 saturated heterocycles. The Morgan fingerprint density at radius 3 is 2.66 bits per heavy atom. The van der Waals surface area contributed by atoms with Crippen molar-refractivity contribution in [3.63, 3.8) is 0 Å². The highest BCUT2D eigenvalue weighted by Gasteiger charge is 2.24. The predicted octanol–water partition coefficient (Wildman–Crippen LogP) is 3.61. The number of hydrogen-bond acceptors (Lipinski definition) is 8. The van der Waals surface area contributed by atoms with Gasteiger partial charge in [-0.1, -0.05) is 30.3 Å². The number of rotatable bonds is 9. The number of esters is 1. The van der Waals surface area contributed by atoms with Crippen LogP contribution in [-0.4, -0.2) is 48.4 Å². The van der Waals surface area contributed by atoms with Crippen molar-refractivity contribution >= 4 is 51.3 Å². The summed E-state index contributed by atoms with van der Waals surface area (Å²) in [6, 6.07) is 11.7. The Kier molecular flexibility index (Phi) is 8.46. The van der Waals surface area contributed by atoms with Crippen molar-refractivity contribution < 1.29 is 23.9 Å². The van der Waals surface area contributed by atoms with E-state index in [1.807, 2.05) is 42.7 Å². The molecule has 0 saturated carbocycles. The van der Waals surface area contributed by atoms with Crippen LogP contribution in [0.5, 0.6) is 0 Å². The van der Waals surface area contributed by atoms with E-state index >= 15 is 0 Å². The lowest BCUT2D eigenvalue weighted by atomic mass is 10.2. The normalized spacial score (nSPS) is 11.6. The summed E-state index contributed by atoms with van der Waals surface area (Å²) in [4.78, 5) is 42.9. The molecule has 0 radical (unpaired) electrons. The molecule has 2 amide bonds. The van der Waals surface area contributed by atoms with Crippen LogP contribution in [0.4, 0.5) is 4.79 Å². The third kappa shape index (κ3) is 6.21. The first kappa shape index (κ1) is 23.6. The van der Waals surface area contributed by atoms with Crippen LogP contribution in [0, 0.1) is 0 Å². The summed E-state index contributed by atoms with van der Waals surface area (Å²) in [6.45, 7) is 1.72. The molecule has 0 unspecified atom stereocenters. The molecule has 1 atom stereocenters. The molecule has 32 heavy (non-hydrogen) atoms. The fraction of sp³-hybridized carbons (Fsp3) is 0.273. The molecule has 1 aromatic carbocycles. The van der Waals surface area contributed by atoms with Gasteiger partial charge in [0.05, 0.1) is 21.7 Å². The summed E-state index contributed by atoms with van der Waals surface area (Å²) in [5.74, 6) is -1.03. The molecule has 0 bridgehead atoms. The number of thioether (sulfide) groups is 1. The van der Waals surface area contributed by atoms with Crippen LogP contribution in [0.15, 0.2) is 53.6 Å². The van der Waals surface area contributed by atoms with Gasteiger partial charge in [-0.05, 0) is 30.9 Å². The SMILES string of the molecule is CCOC(=O)[C@@H](CNC(=O)c1cc2nccc(SC)c2s1)NC(=O)OCc1ccccc1. The van der Waals surface area contributed by atoms with Crippen LogP contribution in [0.1, 0.15) is 22.2 Å². The Balaban J connectivity index is 1.61. The fourth-order valence-corrected chi connectivity index (χ4v) is 4.61. The molecule has 8 nitrogen and oxygen atoms in total. The second-order valence-electron chi connectivity index (χ2n) is 6.56. The molecule has 10 heteroatoms. The zero-order valence-corrected chi connectivity index (χ0v) is 19.3. The second-order valence-corrected chi connectivity index (χ2v) is 8.46. The molecule has 0 spiro atoms. The Bertz CT molecular complexity index is 1090. The van der Waals surface area contributed by atoms with E-state index in [1.165, 1.54) is 11.3 Å². The minimum Gasteiger partial charge on any atom is -0.464 e. The molecule has 0 aliphatic heterocycles. The average molecular weight is 474 g/mol. The molecule has 3 rings (SSSR count). The monoisotopic (exact) mass is 473 g/mol. The van der Waals surface area contributed by atoms with Gasteiger partial charge in [0.1, 0.15) is 12.6 Å². The van der Waals surface area contributed by atoms with Gasteiger partial charge in [-0.25, -0.2) is 9.59 Å². The van der Waals surface area contributed by atoms with E-state index in [0.717, 1.165) is 20.7 Å². The summed E-state index contributed by atoms with van der Waals surface area (Å²) >= 11 is 2.90. The number of fused-ring (bicyclic) bond motifs is 1. The van der Waals surface area contributed by atoms with Crippen molar-refractivity contribution in [1.29, 1.82) is 0 Å².